The normalized spacial score (nSPS) is 22.9. The van der Waals surface area contributed by atoms with Crippen LogP contribution in [0.15, 0.2) is 4.99 Å². The summed E-state index contributed by atoms with van der Waals surface area (Å²) in [5.74, 6) is 0. The fraction of sp³-hybridized carbons (Fsp3) is 0.938. The first-order valence-corrected chi connectivity index (χ1v) is 10.7. The van der Waals surface area contributed by atoms with Gasteiger partial charge in [-0.05, 0) is 59.4 Å². The summed E-state index contributed by atoms with van der Waals surface area (Å²) >= 11 is 0. The zero-order valence-electron chi connectivity index (χ0n) is 14.5. The Morgan fingerprint density at radius 2 is 1.64 bits per heavy atom. The summed E-state index contributed by atoms with van der Waals surface area (Å²) in [4.78, 5) is 7.22. The standard InChI is InChI=1S/C16H32N2O3Si/c1-4-19-22(20-5-2,21-6-3)16-11-13-18(16)14-12-17-15-9-7-8-10-15/h16H,4-14H2,1-3H3. The van der Waals surface area contributed by atoms with E-state index in [0.29, 0.717) is 25.5 Å². The predicted molar refractivity (Wildman–Crippen MR) is 91.4 cm³/mol. The van der Waals surface area contributed by atoms with E-state index in [-0.39, 0.29) is 0 Å². The van der Waals surface area contributed by atoms with Gasteiger partial charge in [-0.2, -0.15) is 0 Å². The molecule has 0 bridgehead atoms. The third-order valence-electron chi connectivity index (χ3n) is 4.48. The highest BCUT2D eigenvalue weighted by Gasteiger charge is 2.55. The van der Waals surface area contributed by atoms with Crippen molar-refractivity contribution in [3.63, 3.8) is 0 Å². The Bertz CT molecular complexity index is 340. The largest absolute Gasteiger partial charge is 0.519 e. The van der Waals surface area contributed by atoms with Gasteiger partial charge in [-0.3, -0.25) is 9.89 Å². The van der Waals surface area contributed by atoms with Crippen LogP contribution >= 0.6 is 0 Å². The number of aliphatic imine (C=N–C) groups is 1. The molecule has 0 spiro atoms. The van der Waals surface area contributed by atoms with E-state index < -0.39 is 8.80 Å². The summed E-state index contributed by atoms with van der Waals surface area (Å²) in [6, 6.07) is 0. The topological polar surface area (TPSA) is 43.3 Å². The smallest absolute Gasteiger partial charge is 0.373 e. The van der Waals surface area contributed by atoms with Crippen molar-refractivity contribution in [1.82, 2.24) is 4.90 Å². The molecule has 22 heavy (non-hydrogen) atoms. The molecule has 0 N–H and O–H groups in total. The van der Waals surface area contributed by atoms with Gasteiger partial charge in [-0.1, -0.05) is 0 Å². The first-order chi connectivity index (χ1) is 10.8. The van der Waals surface area contributed by atoms with Crippen molar-refractivity contribution in [1.29, 1.82) is 0 Å². The molecular weight excluding hydrogens is 296 g/mol. The lowest BCUT2D eigenvalue weighted by molar-refractivity contribution is 0.00588. The van der Waals surface area contributed by atoms with Gasteiger partial charge >= 0.3 is 8.80 Å². The molecule has 0 aromatic carbocycles. The zero-order chi connectivity index (χ0) is 15.8. The van der Waals surface area contributed by atoms with E-state index in [0.717, 1.165) is 26.1 Å². The van der Waals surface area contributed by atoms with Crippen LogP contribution < -0.4 is 0 Å². The quantitative estimate of drug-likeness (QED) is 0.578. The van der Waals surface area contributed by atoms with Crippen LogP contribution in [-0.2, 0) is 13.3 Å². The monoisotopic (exact) mass is 328 g/mol. The van der Waals surface area contributed by atoms with Crippen LogP contribution in [0.25, 0.3) is 0 Å². The van der Waals surface area contributed by atoms with Gasteiger partial charge in [-0.15, -0.1) is 0 Å². The third kappa shape index (κ3) is 4.38. The second kappa shape index (κ2) is 9.13. The van der Waals surface area contributed by atoms with Gasteiger partial charge in [0.25, 0.3) is 0 Å². The minimum absolute atomic E-state index is 0.316. The summed E-state index contributed by atoms with van der Waals surface area (Å²) in [5.41, 5.74) is 1.73. The van der Waals surface area contributed by atoms with E-state index in [1.54, 1.807) is 0 Å². The molecule has 1 saturated heterocycles. The maximum atomic E-state index is 6.04. The van der Waals surface area contributed by atoms with E-state index in [4.69, 9.17) is 18.3 Å². The molecule has 0 amide bonds. The van der Waals surface area contributed by atoms with Crippen molar-refractivity contribution in [3.8, 4) is 0 Å². The summed E-state index contributed by atoms with van der Waals surface area (Å²) in [7, 11) is -2.58. The molecule has 0 aromatic rings. The van der Waals surface area contributed by atoms with Crippen molar-refractivity contribution < 1.29 is 13.3 Å². The van der Waals surface area contributed by atoms with Gasteiger partial charge in [0.1, 0.15) is 0 Å². The van der Waals surface area contributed by atoms with Gasteiger partial charge in [0.05, 0.1) is 12.2 Å². The van der Waals surface area contributed by atoms with Crippen LogP contribution in [0.4, 0.5) is 0 Å². The molecular formula is C16H32N2O3Si. The first kappa shape index (κ1) is 18.1. The lowest BCUT2D eigenvalue weighted by Crippen LogP contribution is -2.69. The summed E-state index contributed by atoms with van der Waals surface area (Å²) in [6.45, 7) is 11.0. The van der Waals surface area contributed by atoms with E-state index >= 15 is 0 Å². The lowest BCUT2D eigenvalue weighted by atomic mass is 10.2. The highest BCUT2D eigenvalue weighted by Crippen LogP contribution is 2.29. The summed E-state index contributed by atoms with van der Waals surface area (Å²) in [6.07, 6.45) is 6.17. The van der Waals surface area contributed by atoms with E-state index in [1.807, 2.05) is 20.8 Å². The molecule has 1 aliphatic heterocycles. The molecule has 2 aliphatic rings. The van der Waals surface area contributed by atoms with Gasteiger partial charge in [0, 0.05) is 32.1 Å². The highest BCUT2D eigenvalue weighted by molar-refractivity contribution is 6.62. The Hall–Kier alpha value is -0.273. The van der Waals surface area contributed by atoms with E-state index in [2.05, 4.69) is 4.90 Å². The first-order valence-electron chi connectivity index (χ1n) is 8.93. The molecule has 0 aromatic heterocycles. The molecule has 0 radical (unpaired) electrons. The molecule has 2 fully saturated rings. The van der Waals surface area contributed by atoms with Crippen molar-refractivity contribution in [3.05, 3.63) is 0 Å². The van der Waals surface area contributed by atoms with Crippen molar-refractivity contribution in [2.45, 2.75) is 58.5 Å². The minimum Gasteiger partial charge on any atom is -0.373 e. The Kier molecular flexibility index (Phi) is 7.50. The Balaban J connectivity index is 1.91. The number of nitrogens with zero attached hydrogens (tertiary/aromatic N) is 2. The lowest BCUT2D eigenvalue weighted by Gasteiger charge is -2.47. The SMILES string of the molecule is CCO[Si](OCC)(OCC)C1CCN1CCN=C1CCCC1. The molecule has 6 heteroatoms. The molecule has 1 atom stereocenters. The molecule has 5 nitrogen and oxygen atoms in total. The van der Waals surface area contributed by atoms with Crippen LogP contribution in [0, 0.1) is 0 Å². The second-order valence-electron chi connectivity index (χ2n) is 5.90. The maximum absolute atomic E-state index is 6.04. The number of rotatable bonds is 10. The van der Waals surface area contributed by atoms with E-state index in [9.17, 15) is 0 Å². The second-order valence-corrected chi connectivity index (χ2v) is 8.64. The van der Waals surface area contributed by atoms with Gasteiger partial charge in [0.2, 0.25) is 0 Å². The number of hydrogen-bond acceptors (Lipinski definition) is 5. The van der Waals surface area contributed by atoms with Crippen molar-refractivity contribution >= 4 is 14.5 Å². The van der Waals surface area contributed by atoms with Gasteiger partial charge in [-0.25, -0.2) is 0 Å². The van der Waals surface area contributed by atoms with E-state index in [1.165, 1.54) is 31.4 Å². The molecule has 1 aliphatic carbocycles. The van der Waals surface area contributed by atoms with Gasteiger partial charge < -0.3 is 13.3 Å². The molecule has 128 valence electrons. The average molecular weight is 329 g/mol. The summed E-state index contributed by atoms with van der Waals surface area (Å²) in [5, 5.41) is 0. The maximum Gasteiger partial charge on any atom is 0.519 e. The van der Waals surface area contributed by atoms with Crippen molar-refractivity contribution in [2.24, 2.45) is 4.99 Å². The Morgan fingerprint density at radius 3 is 2.09 bits per heavy atom. The van der Waals surface area contributed by atoms with Gasteiger partial charge in [0.15, 0.2) is 0 Å². The highest BCUT2D eigenvalue weighted by atomic mass is 28.4. The van der Waals surface area contributed by atoms with Crippen LogP contribution in [0.1, 0.15) is 52.9 Å². The Morgan fingerprint density at radius 1 is 1.05 bits per heavy atom. The minimum atomic E-state index is -2.58. The predicted octanol–water partition coefficient (Wildman–Crippen LogP) is 2.66. The third-order valence-corrected chi connectivity index (χ3v) is 8.02. The van der Waals surface area contributed by atoms with Crippen LogP contribution in [0.2, 0.25) is 0 Å². The number of hydrogen-bond donors (Lipinski definition) is 0. The molecule has 1 unspecified atom stereocenters. The number of likely N-dealkylation sites (tertiary alicyclic amines) is 1. The van der Waals surface area contributed by atoms with Crippen LogP contribution in [0.5, 0.6) is 0 Å². The Labute approximate surface area is 136 Å². The average Bonchev–Trinajstić information content (AvgIpc) is 2.96. The fourth-order valence-corrected chi connectivity index (χ4v) is 6.63. The summed E-state index contributed by atoms with van der Waals surface area (Å²) < 4.78 is 18.1. The zero-order valence-corrected chi connectivity index (χ0v) is 15.5. The fourth-order valence-electron chi connectivity index (χ4n) is 3.40. The van der Waals surface area contributed by atoms with Crippen LogP contribution in [-0.4, -0.2) is 64.5 Å². The molecule has 1 saturated carbocycles. The molecule has 2 rings (SSSR count). The molecule has 1 heterocycles. The van der Waals surface area contributed by atoms with Crippen molar-refractivity contribution in [2.75, 3.05) is 39.5 Å². The van der Waals surface area contributed by atoms with Crippen LogP contribution in [0.3, 0.4) is 0 Å².